The van der Waals surface area contributed by atoms with Gasteiger partial charge in [-0.15, -0.1) is 0 Å². The van der Waals surface area contributed by atoms with E-state index in [9.17, 15) is 8.42 Å². The van der Waals surface area contributed by atoms with E-state index in [4.69, 9.17) is 5.73 Å². The Balaban J connectivity index is 3.01. The van der Waals surface area contributed by atoms with Gasteiger partial charge >= 0.3 is 0 Å². The summed E-state index contributed by atoms with van der Waals surface area (Å²) in [5.74, 6) is 1.68. The van der Waals surface area contributed by atoms with Crippen molar-refractivity contribution in [3.8, 4) is 0 Å². The van der Waals surface area contributed by atoms with Crippen LogP contribution in [-0.2, 0) is 10.0 Å². The molecule has 0 spiro atoms. The van der Waals surface area contributed by atoms with Crippen molar-refractivity contribution in [3.05, 3.63) is 21.1 Å². The third-order valence-corrected chi connectivity index (χ3v) is 6.43. The van der Waals surface area contributed by atoms with Crippen molar-refractivity contribution in [1.82, 2.24) is 4.72 Å². The molecule has 0 bridgehead atoms. The number of hydrogen-bond acceptors (Lipinski definition) is 4. The van der Waals surface area contributed by atoms with Crippen LogP contribution in [0.25, 0.3) is 0 Å². The van der Waals surface area contributed by atoms with Crippen molar-refractivity contribution in [2.24, 2.45) is 0 Å². The second-order valence-electron chi connectivity index (χ2n) is 3.99. The molecule has 0 aliphatic rings. The fourth-order valence-electron chi connectivity index (χ4n) is 1.52. The number of nitrogen functional groups attached to an aromatic ring is 1. The Morgan fingerprint density at radius 3 is 2.58 bits per heavy atom. The summed E-state index contributed by atoms with van der Waals surface area (Å²) < 4.78 is 28.4. The molecule has 0 aliphatic heterocycles. The van der Waals surface area contributed by atoms with Crippen molar-refractivity contribution >= 4 is 59.3 Å². The van der Waals surface area contributed by atoms with Gasteiger partial charge in [-0.25, -0.2) is 13.1 Å². The predicted octanol–water partition coefficient (Wildman–Crippen LogP) is 3.21. The molecule has 1 unspecified atom stereocenters. The van der Waals surface area contributed by atoms with Crippen LogP contribution in [0.3, 0.4) is 0 Å². The lowest BCUT2D eigenvalue weighted by Crippen LogP contribution is -2.35. The smallest absolute Gasteiger partial charge is 0.244 e. The molecule has 1 rings (SSSR count). The summed E-state index contributed by atoms with van der Waals surface area (Å²) in [5.41, 5.74) is 6.01. The minimum Gasteiger partial charge on any atom is -0.398 e. The topological polar surface area (TPSA) is 72.2 Å². The first kappa shape index (κ1) is 17.3. The number of thioether (sulfide) groups is 1. The number of hydrogen-bond donors (Lipinski definition) is 2. The first-order chi connectivity index (χ1) is 8.77. The van der Waals surface area contributed by atoms with Crippen LogP contribution < -0.4 is 10.5 Å². The van der Waals surface area contributed by atoms with Crippen LogP contribution in [-0.4, -0.2) is 26.0 Å². The van der Waals surface area contributed by atoms with E-state index in [0.29, 0.717) is 4.47 Å². The number of anilines is 1. The van der Waals surface area contributed by atoms with Crippen LogP contribution >= 0.6 is 43.6 Å². The molecule has 1 atom stereocenters. The first-order valence-corrected chi connectivity index (χ1v) is 9.85. The Hall–Kier alpha value is 0.240. The minimum atomic E-state index is -3.62. The summed E-state index contributed by atoms with van der Waals surface area (Å²) >= 11 is 8.20. The maximum atomic E-state index is 12.3. The van der Waals surface area contributed by atoms with Crippen LogP contribution in [0.2, 0.25) is 0 Å². The molecule has 0 fully saturated rings. The molecule has 0 radical (unpaired) electrons. The van der Waals surface area contributed by atoms with Gasteiger partial charge < -0.3 is 5.73 Å². The van der Waals surface area contributed by atoms with Gasteiger partial charge in [0.2, 0.25) is 10.0 Å². The monoisotopic (exact) mass is 430 g/mol. The molecule has 0 aromatic heterocycles. The van der Waals surface area contributed by atoms with Crippen molar-refractivity contribution in [3.63, 3.8) is 0 Å². The molecule has 0 saturated carbocycles. The summed E-state index contributed by atoms with van der Waals surface area (Å²) in [6, 6.07) is 3.09. The molecule has 0 heterocycles. The first-order valence-electron chi connectivity index (χ1n) is 5.62. The zero-order chi connectivity index (χ0) is 14.6. The number of rotatable bonds is 6. The highest BCUT2D eigenvalue weighted by Crippen LogP contribution is 2.31. The van der Waals surface area contributed by atoms with Crippen LogP contribution in [0.1, 0.15) is 13.8 Å². The van der Waals surface area contributed by atoms with E-state index in [-0.39, 0.29) is 16.6 Å². The van der Waals surface area contributed by atoms with Crippen molar-refractivity contribution in [1.29, 1.82) is 0 Å². The second-order valence-corrected chi connectivity index (χ2v) is 8.73. The quantitative estimate of drug-likeness (QED) is 0.678. The fourth-order valence-corrected chi connectivity index (χ4v) is 5.61. The Kier molecular flexibility index (Phi) is 6.65. The molecule has 19 heavy (non-hydrogen) atoms. The van der Waals surface area contributed by atoms with Gasteiger partial charge in [0.05, 0.1) is 5.69 Å². The molecular formula is C11H16Br2N2O2S2. The highest BCUT2D eigenvalue weighted by molar-refractivity contribution is 9.11. The Bertz CT molecular complexity index is 527. The zero-order valence-electron chi connectivity index (χ0n) is 10.6. The third kappa shape index (κ3) is 4.93. The lowest BCUT2D eigenvalue weighted by Gasteiger charge is -2.16. The highest BCUT2D eigenvalue weighted by Gasteiger charge is 2.23. The van der Waals surface area contributed by atoms with Gasteiger partial charge in [0.25, 0.3) is 0 Å². The van der Waals surface area contributed by atoms with E-state index in [0.717, 1.165) is 16.0 Å². The summed E-state index contributed by atoms with van der Waals surface area (Å²) in [5, 5.41) is 0. The summed E-state index contributed by atoms with van der Waals surface area (Å²) in [4.78, 5) is 0.0871. The molecule has 0 aliphatic carbocycles. The maximum absolute atomic E-state index is 12.3. The number of halogens is 2. The van der Waals surface area contributed by atoms with E-state index in [2.05, 4.69) is 36.6 Å². The molecule has 4 nitrogen and oxygen atoms in total. The lowest BCUT2D eigenvalue weighted by molar-refractivity contribution is 0.571. The standard InChI is InChI=1S/C11H16Br2N2O2S2/c1-3-18-6-7(2)15-19(16,17)11-9(13)4-8(12)5-10(11)14/h4-5,7,15H,3,6,14H2,1-2H3. The summed E-state index contributed by atoms with van der Waals surface area (Å²) in [7, 11) is -3.62. The Morgan fingerprint density at radius 2 is 2.05 bits per heavy atom. The highest BCUT2D eigenvalue weighted by atomic mass is 79.9. The maximum Gasteiger partial charge on any atom is 0.244 e. The molecule has 0 amide bonds. The third-order valence-electron chi connectivity index (χ3n) is 2.23. The van der Waals surface area contributed by atoms with Gasteiger partial charge in [0.1, 0.15) is 4.90 Å². The number of benzene rings is 1. The molecule has 1 aromatic carbocycles. The molecule has 1 aromatic rings. The average molecular weight is 432 g/mol. The Labute approximate surface area is 135 Å². The van der Waals surface area contributed by atoms with E-state index >= 15 is 0 Å². The predicted molar refractivity (Wildman–Crippen MR) is 89.0 cm³/mol. The minimum absolute atomic E-state index is 0.0871. The zero-order valence-corrected chi connectivity index (χ0v) is 15.4. The second kappa shape index (κ2) is 7.31. The van der Waals surface area contributed by atoms with E-state index in [1.54, 1.807) is 23.9 Å². The van der Waals surface area contributed by atoms with Crippen LogP contribution in [0.5, 0.6) is 0 Å². The molecule has 108 valence electrons. The van der Waals surface area contributed by atoms with Crippen molar-refractivity contribution in [2.75, 3.05) is 17.2 Å². The van der Waals surface area contributed by atoms with Gasteiger partial charge in [-0.05, 0) is 40.7 Å². The van der Waals surface area contributed by atoms with Gasteiger partial charge in [-0.1, -0.05) is 22.9 Å². The molecule has 3 N–H and O–H groups in total. The largest absolute Gasteiger partial charge is 0.398 e. The number of nitrogens with one attached hydrogen (secondary N) is 1. The molecular weight excluding hydrogens is 416 g/mol. The van der Waals surface area contributed by atoms with Crippen LogP contribution in [0, 0.1) is 0 Å². The van der Waals surface area contributed by atoms with Crippen molar-refractivity contribution < 1.29 is 8.42 Å². The number of sulfonamides is 1. The summed E-state index contributed by atoms with van der Waals surface area (Å²) in [6.45, 7) is 3.87. The van der Waals surface area contributed by atoms with E-state index in [1.165, 1.54) is 0 Å². The van der Waals surface area contributed by atoms with E-state index in [1.807, 2.05) is 13.8 Å². The number of nitrogens with two attached hydrogens (primary N) is 1. The normalized spacial score (nSPS) is 13.5. The lowest BCUT2D eigenvalue weighted by atomic mass is 10.3. The van der Waals surface area contributed by atoms with Gasteiger partial charge in [0, 0.05) is 20.7 Å². The van der Waals surface area contributed by atoms with Crippen LogP contribution in [0.15, 0.2) is 26.0 Å². The SMILES string of the molecule is CCSCC(C)NS(=O)(=O)c1c(N)cc(Br)cc1Br. The Morgan fingerprint density at radius 1 is 1.42 bits per heavy atom. The fraction of sp³-hybridized carbons (Fsp3) is 0.455. The van der Waals surface area contributed by atoms with Gasteiger partial charge in [0.15, 0.2) is 0 Å². The summed E-state index contributed by atoms with van der Waals surface area (Å²) in [6.07, 6.45) is 0. The van der Waals surface area contributed by atoms with Gasteiger partial charge in [-0.2, -0.15) is 11.8 Å². The van der Waals surface area contributed by atoms with Crippen LogP contribution in [0.4, 0.5) is 5.69 Å². The molecule has 8 heteroatoms. The van der Waals surface area contributed by atoms with Crippen molar-refractivity contribution in [2.45, 2.75) is 24.8 Å². The average Bonchev–Trinajstić information content (AvgIpc) is 2.23. The van der Waals surface area contributed by atoms with E-state index < -0.39 is 10.0 Å². The molecule has 0 saturated heterocycles. The van der Waals surface area contributed by atoms with Gasteiger partial charge in [-0.3, -0.25) is 0 Å².